The number of hydrogen-bond donors (Lipinski definition) is 1. The Bertz CT molecular complexity index is 762. The van der Waals surface area contributed by atoms with Gasteiger partial charge in [-0.05, 0) is 50.7 Å². The lowest BCUT2D eigenvalue weighted by Crippen LogP contribution is -2.49. The van der Waals surface area contributed by atoms with Crippen LogP contribution in [-0.4, -0.2) is 33.2 Å². The molecule has 2 rings (SSSR count). The van der Waals surface area contributed by atoms with Crippen molar-refractivity contribution in [3.63, 3.8) is 0 Å². The Morgan fingerprint density at radius 2 is 2.04 bits per heavy atom. The van der Waals surface area contributed by atoms with Crippen molar-refractivity contribution in [3.05, 3.63) is 41.7 Å². The summed E-state index contributed by atoms with van der Waals surface area (Å²) in [6, 6.07) is 4.61. The lowest BCUT2D eigenvalue weighted by atomic mass is 9.97. The number of rotatable bonds is 8. The van der Waals surface area contributed by atoms with E-state index in [0.717, 1.165) is 29.8 Å². The van der Waals surface area contributed by atoms with Crippen LogP contribution in [-0.2, 0) is 14.8 Å². The van der Waals surface area contributed by atoms with E-state index in [9.17, 15) is 17.6 Å². The maximum atomic E-state index is 14.2. The Labute approximate surface area is 155 Å². The smallest absolute Gasteiger partial charge is 0.243 e. The Morgan fingerprint density at radius 3 is 2.62 bits per heavy atom. The quantitative estimate of drug-likeness (QED) is 0.701. The third-order valence-electron chi connectivity index (χ3n) is 4.55. The first-order valence-electron chi connectivity index (χ1n) is 9.04. The van der Waals surface area contributed by atoms with Gasteiger partial charge in [0.1, 0.15) is 11.9 Å². The molecule has 5 nitrogen and oxygen atoms in total. The molecule has 1 amide bonds. The summed E-state index contributed by atoms with van der Waals surface area (Å²) in [7, 11) is -3.82. The van der Waals surface area contributed by atoms with Gasteiger partial charge in [-0.25, -0.2) is 12.8 Å². The molecule has 0 unspecified atom stereocenters. The van der Waals surface area contributed by atoms with Crippen LogP contribution in [0.1, 0.15) is 45.4 Å². The van der Waals surface area contributed by atoms with E-state index in [2.05, 4.69) is 11.4 Å². The molecule has 0 saturated carbocycles. The Balaban J connectivity index is 2.13. The van der Waals surface area contributed by atoms with Crippen LogP contribution in [0, 0.1) is 5.82 Å². The van der Waals surface area contributed by atoms with Crippen molar-refractivity contribution in [2.24, 2.45) is 0 Å². The summed E-state index contributed by atoms with van der Waals surface area (Å²) in [5, 5.41) is 2.81. The number of sulfonamides is 1. The van der Waals surface area contributed by atoms with Gasteiger partial charge in [0.2, 0.25) is 15.9 Å². The molecule has 0 fully saturated rings. The summed E-state index contributed by atoms with van der Waals surface area (Å²) in [4.78, 5) is 12.6. The summed E-state index contributed by atoms with van der Waals surface area (Å²) in [5.41, 5.74) is 1.23. The van der Waals surface area contributed by atoms with Crippen molar-refractivity contribution >= 4 is 21.6 Å². The van der Waals surface area contributed by atoms with Crippen LogP contribution in [0.4, 0.5) is 10.1 Å². The third-order valence-corrected chi connectivity index (χ3v) is 5.72. The zero-order valence-electron chi connectivity index (χ0n) is 15.4. The van der Waals surface area contributed by atoms with Crippen molar-refractivity contribution in [1.29, 1.82) is 0 Å². The standard InChI is InChI=1S/C19H27FN2O3S/c1-3-17(19(23)21-14-13-15-9-5-4-6-10-15)22(26(2,24)25)18-12-8-7-11-16(18)20/h7-9,11-12,17H,3-6,10,13-14H2,1-2H3,(H,21,23)/t17-/m0/s1. The molecule has 1 aliphatic carbocycles. The van der Waals surface area contributed by atoms with E-state index in [4.69, 9.17) is 0 Å². The fourth-order valence-corrected chi connectivity index (χ4v) is 4.47. The number of amides is 1. The zero-order valence-corrected chi connectivity index (χ0v) is 16.2. The van der Waals surface area contributed by atoms with E-state index in [1.807, 2.05) is 0 Å². The van der Waals surface area contributed by atoms with Crippen molar-refractivity contribution < 1.29 is 17.6 Å². The molecule has 0 bridgehead atoms. The van der Waals surface area contributed by atoms with E-state index in [0.29, 0.717) is 6.54 Å². The number of hydrogen-bond acceptors (Lipinski definition) is 3. The number of carbonyl (C=O) groups is 1. The van der Waals surface area contributed by atoms with E-state index in [1.165, 1.54) is 36.6 Å². The minimum atomic E-state index is -3.82. The highest BCUT2D eigenvalue weighted by Gasteiger charge is 2.32. The highest BCUT2D eigenvalue weighted by molar-refractivity contribution is 7.92. The second-order valence-corrected chi connectivity index (χ2v) is 8.44. The van der Waals surface area contributed by atoms with Crippen molar-refractivity contribution in [1.82, 2.24) is 5.32 Å². The number of carbonyl (C=O) groups excluding carboxylic acids is 1. The lowest BCUT2D eigenvalue weighted by Gasteiger charge is -2.30. The number of nitrogens with zero attached hydrogens (tertiary/aromatic N) is 1. The molecule has 26 heavy (non-hydrogen) atoms. The number of benzene rings is 1. The molecule has 1 aliphatic rings. The number of halogens is 1. The van der Waals surface area contributed by atoms with E-state index >= 15 is 0 Å². The maximum Gasteiger partial charge on any atom is 0.243 e. The van der Waals surface area contributed by atoms with Gasteiger partial charge in [0.25, 0.3) is 0 Å². The van der Waals surface area contributed by atoms with E-state index in [1.54, 1.807) is 13.0 Å². The van der Waals surface area contributed by atoms with Crippen LogP contribution in [0.15, 0.2) is 35.9 Å². The molecule has 0 radical (unpaired) electrons. The van der Waals surface area contributed by atoms with Gasteiger partial charge in [0, 0.05) is 6.54 Å². The van der Waals surface area contributed by atoms with Gasteiger partial charge in [-0.1, -0.05) is 30.7 Å². The predicted octanol–water partition coefficient (Wildman–Crippen LogP) is 3.38. The molecule has 0 spiro atoms. The summed E-state index contributed by atoms with van der Waals surface area (Å²) in [6.45, 7) is 2.17. The zero-order chi connectivity index (χ0) is 19.2. The summed E-state index contributed by atoms with van der Waals surface area (Å²) in [5.74, 6) is -1.07. The Morgan fingerprint density at radius 1 is 1.31 bits per heavy atom. The van der Waals surface area contributed by atoms with Crippen LogP contribution < -0.4 is 9.62 Å². The highest BCUT2D eigenvalue weighted by Crippen LogP contribution is 2.25. The number of allylic oxidation sites excluding steroid dienone is 1. The van der Waals surface area contributed by atoms with Gasteiger partial charge < -0.3 is 5.32 Å². The van der Waals surface area contributed by atoms with Crippen molar-refractivity contribution in [2.45, 2.75) is 51.5 Å². The van der Waals surface area contributed by atoms with Gasteiger partial charge >= 0.3 is 0 Å². The Kier molecular flexibility index (Phi) is 7.20. The van der Waals surface area contributed by atoms with Crippen molar-refractivity contribution in [3.8, 4) is 0 Å². The molecule has 1 aromatic rings. The molecule has 1 atom stereocenters. The molecular formula is C19H27FN2O3S. The van der Waals surface area contributed by atoms with Crippen LogP contribution in [0.3, 0.4) is 0 Å². The van der Waals surface area contributed by atoms with E-state index < -0.39 is 27.8 Å². The molecule has 1 N–H and O–H groups in total. The van der Waals surface area contributed by atoms with Gasteiger partial charge in [0.05, 0.1) is 11.9 Å². The second kappa shape index (κ2) is 9.16. The minimum absolute atomic E-state index is 0.105. The van der Waals surface area contributed by atoms with E-state index in [-0.39, 0.29) is 12.1 Å². The predicted molar refractivity (Wildman–Crippen MR) is 102 cm³/mol. The topological polar surface area (TPSA) is 66.5 Å². The van der Waals surface area contributed by atoms with Gasteiger partial charge in [-0.3, -0.25) is 9.10 Å². The fourth-order valence-electron chi connectivity index (χ4n) is 3.26. The average Bonchev–Trinajstić information content (AvgIpc) is 2.60. The lowest BCUT2D eigenvalue weighted by molar-refractivity contribution is -0.122. The first kappa shape index (κ1) is 20.4. The number of anilines is 1. The largest absolute Gasteiger partial charge is 0.354 e. The molecule has 7 heteroatoms. The van der Waals surface area contributed by atoms with Gasteiger partial charge in [-0.15, -0.1) is 0 Å². The summed E-state index contributed by atoms with van der Waals surface area (Å²) < 4.78 is 39.6. The van der Waals surface area contributed by atoms with Gasteiger partial charge in [-0.2, -0.15) is 0 Å². The maximum absolute atomic E-state index is 14.2. The molecule has 1 aromatic carbocycles. The number of para-hydroxylation sites is 1. The molecule has 0 saturated heterocycles. The molecular weight excluding hydrogens is 355 g/mol. The van der Waals surface area contributed by atoms with Crippen molar-refractivity contribution in [2.75, 3.05) is 17.1 Å². The molecule has 0 aliphatic heterocycles. The second-order valence-electron chi connectivity index (χ2n) is 6.58. The molecule has 144 valence electrons. The van der Waals surface area contributed by atoms with Crippen LogP contribution in [0.25, 0.3) is 0 Å². The van der Waals surface area contributed by atoms with Crippen LogP contribution in [0.5, 0.6) is 0 Å². The highest BCUT2D eigenvalue weighted by atomic mass is 32.2. The molecule has 0 heterocycles. The summed E-state index contributed by atoms with van der Waals surface area (Å²) >= 11 is 0. The Hall–Kier alpha value is -1.89. The third kappa shape index (κ3) is 5.30. The average molecular weight is 383 g/mol. The normalized spacial score (nSPS) is 15.9. The first-order valence-corrected chi connectivity index (χ1v) is 10.9. The number of nitrogens with one attached hydrogen (secondary N) is 1. The molecule has 0 aromatic heterocycles. The fraction of sp³-hybridized carbons (Fsp3) is 0.526. The monoisotopic (exact) mass is 382 g/mol. The van der Waals surface area contributed by atoms with Gasteiger partial charge in [0.15, 0.2) is 0 Å². The van der Waals surface area contributed by atoms with Crippen LogP contribution >= 0.6 is 0 Å². The summed E-state index contributed by atoms with van der Waals surface area (Å²) in [6.07, 6.45) is 8.73. The van der Waals surface area contributed by atoms with Crippen LogP contribution in [0.2, 0.25) is 0 Å². The SMILES string of the molecule is CC[C@@H](C(=O)NCCC1=CCCCC1)N(c1ccccc1F)S(C)(=O)=O. The minimum Gasteiger partial charge on any atom is -0.354 e. The first-order chi connectivity index (χ1) is 12.3.